The van der Waals surface area contributed by atoms with Gasteiger partial charge >= 0.3 is 5.97 Å². The van der Waals surface area contributed by atoms with Crippen LogP contribution in [0.3, 0.4) is 0 Å². The first-order valence-electron chi connectivity index (χ1n) is 3.62. The van der Waals surface area contributed by atoms with Gasteiger partial charge in [0.25, 0.3) is 0 Å². The maximum absolute atomic E-state index is 10.2. The van der Waals surface area contributed by atoms with E-state index in [0.29, 0.717) is 13.0 Å². The second kappa shape index (κ2) is 6.12. The van der Waals surface area contributed by atoms with E-state index in [9.17, 15) is 4.79 Å². The third kappa shape index (κ3) is 3.81. The molecule has 6 heteroatoms. The normalized spacial score (nSPS) is 23.1. The van der Waals surface area contributed by atoms with Crippen LogP contribution in [0.2, 0.25) is 6.55 Å². The first-order valence-corrected chi connectivity index (χ1v) is 5.07. The standard InChI is InChI=1S/C5H9NO3.CH4OSi/c7-5(8)4-2-1-3-6(4)9;1-3-2/h4,9H,1-3H2,(H,7,8);2H,1H3. The molecule has 0 bridgehead atoms. The molecule has 0 amide bonds. The zero-order valence-corrected chi connectivity index (χ0v) is 7.90. The van der Waals surface area contributed by atoms with Gasteiger partial charge in [0.1, 0.15) is 6.04 Å². The Bertz CT molecular complexity index is 144. The van der Waals surface area contributed by atoms with Crippen LogP contribution in [-0.2, 0) is 4.79 Å². The van der Waals surface area contributed by atoms with Crippen molar-refractivity contribution >= 4 is 15.7 Å². The van der Waals surface area contributed by atoms with Gasteiger partial charge in [0, 0.05) is 6.54 Å². The van der Waals surface area contributed by atoms with E-state index in [2.05, 4.69) is 0 Å². The summed E-state index contributed by atoms with van der Waals surface area (Å²) in [5, 5.41) is 18.1. The van der Waals surface area contributed by atoms with Gasteiger partial charge in [-0.2, -0.15) is 5.06 Å². The summed E-state index contributed by atoms with van der Waals surface area (Å²) in [5.74, 6) is -0.935. The first kappa shape index (κ1) is 11.6. The topological polar surface area (TPSA) is 81.0 Å². The van der Waals surface area contributed by atoms with Gasteiger partial charge in [0.05, 0.1) is 0 Å². The van der Waals surface area contributed by atoms with E-state index in [0.717, 1.165) is 11.5 Å². The maximum Gasteiger partial charge on any atom is 0.323 e. The summed E-state index contributed by atoms with van der Waals surface area (Å²) in [4.78, 5) is 17.8. The van der Waals surface area contributed by atoms with Crippen molar-refractivity contribution in [2.24, 2.45) is 0 Å². The minimum Gasteiger partial charge on any atom is -0.480 e. The van der Waals surface area contributed by atoms with E-state index in [1.54, 1.807) is 6.55 Å². The maximum atomic E-state index is 10.2. The van der Waals surface area contributed by atoms with E-state index in [4.69, 9.17) is 15.1 Å². The average molecular weight is 191 g/mol. The van der Waals surface area contributed by atoms with Crippen LogP contribution in [0.5, 0.6) is 0 Å². The third-order valence-electron chi connectivity index (χ3n) is 1.51. The Kier molecular flexibility index (Phi) is 5.90. The predicted octanol–water partition coefficient (Wildman–Crippen LogP) is -0.429. The molecule has 1 aliphatic rings. The number of nitrogens with zero attached hydrogens (tertiary/aromatic N) is 1. The van der Waals surface area contributed by atoms with Crippen molar-refractivity contribution in [1.29, 1.82) is 0 Å². The number of hydroxylamine groups is 2. The highest BCUT2D eigenvalue weighted by Gasteiger charge is 2.28. The van der Waals surface area contributed by atoms with Crippen LogP contribution in [0.1, 0.15) is 12.8 Å². The van der Waals surface area contributed by atoms with Crippen LogP contribution < -0.4 is 0 Å². The van der Waals surface area contributed by atoms with Crippen molar-refractivity contribution in [3.05, 3.63) is 0 Å². The van der Waals surface area contributed by atoms with E-state index in [1.807, 2.05) is 0 Å². The van der Waals surface area contributed by atoms with Crippen LogP contribution in [0.15, 0.2) is 0 Å². The summed E-state index contributed by atoms with van der Waals surface area (Å²) < 4.78 is 0. The predicted molar refractivity (Wildman–Crippen MR) is 43.0 cm³/mol. The van der Waals surface area contributed by atoms with Gasteiger partial charge in [-0.3, -0.25) is 4.79 Å². The first-order chi connectivity index (χ1) is 5.63. The molecule has 1 atom stereocenters. The van der Waals surface area contributed by atoms with Crippen molar-refractivity contribution in [2.45, 2.75) is 25.4 Å². The molecule has 2 radical (unpaired) electrons. The van der Waals surface area contributed by atoms with Crippen molar-refractivity contribution in [3.8, 4) is 0 Å². The lowest BCUT2D eigenvalue weighted by Gasteiger charge is -2.11. The summed E-state index contributed by atoms with van der Waals surface area (Å²) in [5.41, 5.74) is 0. The van der Waals surface area contributed by atoms with Gasteiger partial charge < -0.3 is 15.1 Å². The van der Waals surface area contributed by atoms with Crippen molar-refractivity contribution in [3.63, 3.8) is 0 Å². The Labute approximate surface area is 73.5 Å². The van der Waals surface area contributed by atoms with Gasteiger partial charge in [-0.1, -0.05) is 0 Å². The number of carbonyl (C=O) groups is 1. The fraction of sp³-hybridized carbons (Fsp3) is 0.833. The highest BCUT2D eigenvalue weighted by Crippen LogP contribution is 2.13. The van der Waals surface area contributed by atoms with E-state index in [-0.39, 0.29) is 9.76 Å². The molecule has 1 fully saturated rings. The SMILES string of the molecule is C[Si]O.O=C(O)C1CCCN1O. The van der Waals surface area contributed by atoms with Crippen LogP contribution in [-0.4, -0.2) is 48.5 Å². The minimum atomic E-state index is -0.935. The number of hydrogen-bond donors (Lipinski definition) is 3. The Hall–Kier alpha value is -0.433. The van der Waals surface area contributed by atoms with E-state index >= 15 is 0 Å². The van der Waals surface area contributed by atoms with E-state index in [1.165, 1.54) is 0 Å². The lowest BCUT2D eigenvalue weighted by molar-refractivity contribution is -0.160. The zero-order valence-electron chi connectivity index (χ0n) is 6.90. The Morgan fingerprint density at radius 1 is 1.67 bits per heavy atom. The molecular formula is C6H13NO4Si. The molecule has 1 unspecified atom stereocenters. The monoisotopic (exact) mass is 191 g/mol. The second-order valence-electron chi connectivity index (χ2n) is 2.38. The van der Waals surface area contributed by atoms with Gasteiger partial charge in [0.15, 0.2) is 0 Å². The Morgan fingerprint density at radius 2 is 2.17 bits per heavy atom. The van der Waals surface area contributed by atoms with Crippen LogP contribution in [0.25, 0.3) is 0 Å². The molecule has 1 aliphatic heterocycles. The number of carboxylic acid groups (broad SMARTS) is 1. The molecule has 1 rings (SSSR count). The lowest BCUT2D eigenvalue weighted by atomic mass is 10.2. The smallest absolute Gasteiger partial charge is 0.323 e. The molecule has 5 nitrogen and oxygen atoms in total. The molecule has 0 saturated carbocycles. The van der Waals surface area contributed by atoms with Crippen molar-refractivity contribution in [1.82, 2.24) is 5.06 Å². The summed E-state index contributed by atoms with van der Waals surface area (Å²) in [6.07, 6.45) is 1.33. The number of aliphatic carboxylic acids is 1. The molecule has 1 heterocycles. The molecule has 70 valence electrons. The van der Waals surface area contributed by atoms with Gasteiger partial charge in [-0.05, 0) is 19.4 Å². The fourth-order valence-electron chi connectivity index (χ4n) is 1.00. The summed E-state index contributed by atoms with van der Waals surface area (Å²) >= 11 is 0. The second-order valence-corrected chi connectivity index (χ2v) is 2.83. The summed E-state index contributed by atoms with van der Waals surface area (Å²) in [7, 11) is 0.0833. The number of rotatable bonds is 1. The molecule has 3 N–H and O–H groups in total. The van der Waals surface area contributed by atoms with Crippen LogP contribution in [0, 0.1) is 0 Å². The molecule has 0 aromatic rings. The fourth-order valence-corrected chi connectivity index (χ4v) is 1.00. The third-order valence-corrected chi connectivity index (χ3v) is 1.51. The lowest BCUT2D eigenvalue weighted by Crippen LogP contribution is -2.32. The van der Waals surface area contributed by atoms with Gasteiger partial charge in [-0.25, -0.2) is 0 Å². The molecule has 0 spiro atoms. The highest BCUT2D eigenvalue weighted by molar-refractivity contribution is 6.22. The van der Waals surface area contributed by atoms with Gasteiger partial charge in [0.2, 0.25) is 9.76 Å². The van der Waals surface area contributed by atoms with Gasteiger partial charge in [-0.15, -0.1) is 0 Å². The summed E-state index contributed by atoms with van der Waals surface area (Å²) in [6, 6.07) is -0.662. The number of carboxylic acids is 1. The Morgan fingerprint density at radius 3 is 2.33 bits per heavy atom. The largest absolute Gasteiger partial charge is 0.480 e. The molecule has 0 aromatic heterocycles. The minimum absolute atomic E-state index is 0.0833. The molecule has 0 aromatic carbocycles. The van der Waals surface area contributed by atoms with Crippen molar-refractivity contribution in [2.75, 3.05) is 6.54 Å². The quantitative estimate of drug-likeness (QED) is 0.490. The average Bonchev–Trinajstić information content (AvgIpc) is 2.36. The van der Waals surface area contributed by atoms with Crippen molar-refractivity contribution < 1.29 is 19.9 Å². The molecular weight excluding hydrogens is 178 g/mol. The zero-order chi connectivity index (χ0) is 9.56. The Balaban J connectivity index is 0.000000354. The molecule has 1 saturated heterocycles. The highest BCUT2D eigenvalue weighted by atomic mass is 28.2. The van der Waals surface area contributed by atoms with Crippen LogP contribution in [0.4, 0.5) is 0 Å². The molecule has 12 heavy (non-hydrogen) atoms. The number of hydrogen-bond acceptors (Lipinski definition) is 4. The molecule has 0 aliphatic carbocycles. The van der Waals surface area contributed by atoms with Crippen LogP contribution >= 0.6 is 0 Å². The van der Waals surface area contributed by atoms with E-state index < -0.39 is 12.0 Å². The summed E-state index contributed by atoms with van der Waals surface area (Å²) in [6.45, 7) is 2.19.